The number of nitrogens with one attached hydrogen (secondary N) is 2. The molecule has 0 unspecified atom stereocenters. The van der Waals surface area contributed by atoms with Crippen molar-refractivity contribution in [2.45, 2.75) is 6.54 Å². The molecule has 122 valence electrons. The minimum Gasteiger partial charge on any atom is -0.497 e. The number of benzene rings is 1. The summed E-state index contributed by atoms with van der Waals surface area (Å²) in [6, 6.07) is 11.2. The van der Waals surface area contributed by atoms with Crippen LogP contribution in [0.4, 0.5) is 17.6 Å². The molecule has 0 aliphatic rings. The van der Waals surface area contributed by atoms with Crippen molar-refractivity contribution >= 4 is 29.2 Å². The summed E-state index contributed by atoms with van der Waals surface area (Å²) in [5.41, 5.74) is 1.83. The quantitative estimate of drug-likeness (QED) is 0.711. The Bertz CT molecular complexity index is 797. The SMILES string of the molecule is COc1ccc(Nc2nc(Cl)nc(NCc3cccnc3)n2)cc1. The molecule has 0 aliphatic heterocycles. The first-order chi connectivity index (χ1) is 11.7. The van der Waals surface area contributed by atoms with E-state index in [0.29, 0.717) is 18.4 Å². The van der Waals surface area contributed by atoms with Crippen LogP contribution in [0.2, 0.25) is 5.28 Å². The van der Waals surface area contributed by atoms with Gasteiger partial charge in [-0.25, -0.2) is 0 Å². The van der Waals surface area contributed by atoms with Crippen LogP contribution in [-0.4, -0.2) is 27.0 Å². The lowest BCUT2D eigenvalue weighted by molar-refractivity contribution is 0.415. The van der Waals surface area contributed by atoms with E-state index in [1.165, 1.54) is 0 Å². The third-order valence-electron chi connectivity index (χ3n) is 3.13. The zero-order valence-corrected chi connectivity index (χ0v) is 13.7. The van der Waals surface area contributed by atoms with Crippen LogP contribution in [0.5, 0.6) is 5.75 Å². The fourth-order valence-electron chi connectivity index (χ4n) is 1.97. The van der Waals surface area contributed by atoms with E-state index >= 15 is 0 Å². The van der Waals surface area contributed by atoms with Gasteiger partial charge in [0.05, 0.1) is 7.11 Å². The van der Waals surface area contributed by atoms with Gasteiger partial charge < -0.3 is 15.4 Å². The molecule has 0 bridgehead atoms. The van der Waals surface area contributed by atoms with Gasteiger partial charge in [-0.05, 0) is 47.5 Å². The molecule has 0 atom stereocenters. The first kappa shape index (κ1) is 15.9. The molecule has 0 spiro atoms. The van der Waals surface area contributed by atoms with Crippen molar-refractivity contribution in [2.24, 2.45) is 0 Å². The molecule has 0 saturated carbocycles. The largest absolute Gasteiger partial charge is 0.497 e. The van der Waals surface area contributed by atoms with Crippen molar-refractivity contribution in [1.29, 1.82) is 0 Å². The van der Waals surface area contributed by atoms with E-state index in [-0.39, 0.29) is 5.28 Å². The van der Waals surface area contributed by atoms with Crippen LogP contribution in [-0.2, 0) is 6.54 Å². The Hall–Kier alpha value is -2.93. The molecule has 0 fully saturated rings. The molecule has 24 heavy (non-hydrogen) atoms. The summed E-state index contributed by atoms with van der Waals surface area (Å²) < 4.78 is 5.13. The first-order valence-corrected chi connectivity index (χ1v) is 7.56. The molecule has 0 amide bonds. The zero-order chi connectivity index (χ0) is 16.8. The number of anilines is 3. The maximum Gasteiger partial charge on any atom is 0.233 e. The summed E-state index contributed by atoms with van der Waals surface area (Å²) in [6.07, 6.45) is 3.49. The number of hydrogen-bond donors (Lipinski definition) is 2. The normalized spacial score (nSPS) is 10.2. The maximum atomic E-state index is 5.97. The highest BCUT2D eigenvalue weighted by atomic mass is 35.5. The fraction of sp³-hybridized carbons (Fsp3) is 0.125. The van der Waals surface area contributed by atoms with Crippen molar-refractivity contribution in [3.8, 4) is 5.75 Å². The second kappa shape index (κ2) is 7.56. The van der Waals surface area contributed by atoms with E-state index < -0.39 is 0 Å². The van der Waals surface area contributed by atoms with Gasteiger partial charge in [-0.15, -0.1) is 0 Å². The molecule has 0 radical (unpaired) electrons. The van der Waals surface area contributed by atoms with E-state index in [2.05, 4.69) is 30.6 Å². The van der Waals surface area contributed by atoms with Crippen LogP contribution in [0.25, 0.3) is 0 Å². The van der Waals surface area contributed by atoms with Gasteiger partial charge in [0.2, 0.25) is 17.2 Å². The number of rotatable bonds is 6. The first-order valence-electron chi connectivity index (χ1n) is 7.18. The molecule has 3 rings (SSSR count). The van der Waals surface area contributed by atoms with Crippen LogP contribution >= 0.6 is 11.6 Å². The van der Waals surface area contributed by atoms with Gasteiger partial charge in [0.15, 0.2) is 0 Å². The Morgan fingerprint density at radius 3 is 2.54 bits per heavy atom. The molecule has 1 aromatic carbocycles. The topological polar surface area (TPSA) is 84.9 Å². The van der Waals surface area contributed by atoms with Crippen LogP contribution in [0.1, 0.15) is 5.56 Å². The summed E-state index contributed by atoms with van der Waals surface area (Å²) in [7, 11) is 1.62. The van der Waals surface area contributed by atoms with Crippen molar-refractivity contribution in [1.82, 2.24) is 19.9 Å². The second-order valence-corrected chi connectivity index (χ2v) is 5.16. The predicted molar refractivity (Wildman–Crippen MR) is 92.7 cm³/mol. The monoisotopic (exact) mass is 342 g/mol. The number of aromatic nitrogens is 4. The minimum atomic E-state index is 0.106. The van der Waals surface area contributed by atoms with E-state index in [1.807, 2.05) is 36.4 Å². The molecule has 0 saturated heterocycles. The Kier molecular flexibility index (Phi) is 5.02. The number of halogens is 1. The van der Waals surface area contributed by atoms with Gasteiger partial charge in [0.1, 0.15) is 5.75 Å². The number of methoxy groups -OCH3 is 1. The number of ether oxygens (including phenoxy) is 1. The Morgan fingerprint density at radius 2 is 1.83 bits per heavy atom. The maximum absolute atomic E-state index is 5.97. The summed E-state index contributed by atoms with van der Waals surface area (Å²) in [6.45, 7) is 0.538. The zero-order valence-electron chi connectivity index (χ0n) is 12.9. The second-order valence-electron chi connectivity index (χ2n) is 4.82. The standard InChI is InChI=1S/C16H15ClN6O/c1-24-13-6-4-12(5-7-13)20-16-22-14(17)21-15(23-16)19-10-11-3-2-8-18-9-11/h2-9H,10H2,1H3,(H2,19,20,21,22,23). The van der Waals surface area contributed by atoms with Gasteiger partial charge in [0, 0.05) is 24.6 Å². The third kappa shape index (κ3) is 4.30. The average Bonchev–Trinajstić information content (AvgIpc) is 2.61. The fourth-order valence-corrected chi connectivity index (χ4v) is 2.13. The van der Waals surface area contributed by atoms with Gasteiger partial charge in [0.25, 0.3) is 0 Å². The van der Waals surface area contributed by atoms with Gasteiger partial charge in [-0.2, -0.15) is 15.0 Å². The molecular weight excluding hydrogens is 328 g/mol. The number of pyridine rings is 1. The highest BCUT2D eigenvalue weighted by Gasteiger charge is 2.06. The summed E-state index contributed by atoms with van der Waals surface area (Å²) >= 11 is 5.97. The van der Waals surface area contributed by atoms with Crippen LogP contribution in [0.3, 0.4) is 0 Å². The highest BCUT2D eigenvalue weighted by molar-refractivity contribution is 6.28. The molecule has 2 heterocycles. The lowest BCUT2D eigenvalue weighted by Crippen LogP contribution is -2.07. The van der Waals surface area contributed by atoms with Crippen molar-refractivity contribution in [3.05, 3.63) is 59.6 Å². The van der Waals surface area contributed by atoms with Crippen molar-refractivity contribution in [2.75, 3.05) is 17.7 Å². The highest BCUT2D eigenvalue weighted by Crippen LogP contribution is 2.19. The van der Waals surface area contributed by atoms with Gasteiger partial charge >= 0.3 is 0 Å². The molecule has 0 aliphatic carbocycles. The minimum absolute atomic E-state index is 0.106. The van der Waals surface area contributed by atoms with E-state index in [9.17, 15) is 0 Å². The van der Waals surface area contributed by atoms with Gasteiger partial charge in [-0.1, -0.05) is 6.07 Å². The molecule has 3 aromatic rings. The average molecular weight is 343 g/mol. The molecule has 8 heteroatoms. The molecule has 2 N–H and O–H groups in total. The van der Waals surface area contributed by atoms with E-state index in [4.69, 9.17) is 16.3 Å². The van der Waals surface area contributed by atoms with Crippen LogP contribution in [0, 0.1) is 0 Å². The molecular formula is C16H15ClN6O. The summed E-state index contributed by atoms with van der Waals surface area (Å²) in [5, 5.41) is 6.29. The summed E-state index contributed by atoms with van der Waals surface area (Å²) in [4.78, 5) is 16.5. The Labute approximate surface area is 144 Å². The summed E-state index contributed by atoms with van der Waals surface area (Å²) in [5.74, 6) is 1.51. The van der Waals surface area contributed by atoms with Crippen LogP contribution < -0.4 is 15.4 Å². The number of nitrogens with zero attached hydrogens (tertiary/aromatic N) is 4. The lowest BCUT2D eigenvalue weighted by atomic mass is 10.3. The molecule has 2 aromatic heterocycles. The van der Waals surface area contributed by atoms with Gasteiger partial charge in [-0.3, -0.25) is 4.98 Å². The van der Waals surface area contributed by atoms with Crippen LogP contribution in [0.15, 0.2) is 48.8 Å². The Morgan fingerprint density at radius 1 is 1.04 bits per heavy atom. The Balaban J connectivity index is 1.70. The van der Waals surface area contributed by atoms with E-state index in [0.717, 1.165) is 17.0 Å². The smallest absolute Gasteiger partial charge is 0.233 e. The predicted octanol–water partition coefficient (Wildman–Crippen LogP) is 3.28. The van der Waals surface area contributed by atoms with E-state index in [1.54, 1.807) is 19.5 Å². The third-order valence-corrected chi connectivity index (χ3v) is 3.30. The van der Waals surface area contributed by atoms with Crippen molar-refractivity contribution in [3.63, 3.8) is 0 Å². The lowest BCUT2D eigenvalue weighted by Gasteiger charge is -2.09. The number of hydrogen-bond acceptors (Lipinski definition) is 7. The molecule has 7 nitrogen and oxygen atoms in total. The van der Waals surface area contributed by atoms with Crippen molar-refractivity contribution < 1.29 is 4.74 Å².